The molecule has 1 heterocycles. The van der Waals surface area contributed by atoms with Crippen LogP contribution in [-0.2, 0) is 4.79 Å². The number of anilines is 1. The predicted octanol–water partition coefficient (Wildman–Crippen LogP) is 4.32. The summed E-state index contributed by atoms with van der Waals surface area (Å²) in [6.45, 7) is 0. The zero-order valence-corrected chi connectivity index (χ0v) is 14.5. The first kappa shape index (κ1) is 17.8. The van der Waals surface area contributed by atoms with Crippen molar-refractivity contribution in [1.29, 1.82) is 0 Å². The van der Waals surface area contributed by atoms with E-state index in [2.05, 4.69) is 5.32 Å². The zero-order chi connectivity index (χ0) is 18.7. The molecule has 26 heavy (non-hydrogen) atoms. The molecule has 1 aromatic carbocycles. The number of carboxylic acid groups (broad SMARTS) is 1. The van der Waals surface area contributed by atoms with Gasteiger partial charge in [-0.1, -0.05) is 24.3 Å². The number of carbonyl (C=O) groups is 2. The van der Waals surface area contributed by atoms with E-state index in [0.717, 1.165) is 24.2 Å². The van der Waals surface area contributed by atoms with Crippen LogP contribution < -0.4 is 5.32 Å². The van der Waals surface area contributed by atoms with Crippen molar-refractivity contribution in [3.05, 3.63) is 57.5 Å². The van der Waals surface area contributed by atoms with Crippen LogP contribution in [0.3, 0.4) is 0 Å². The molecule has 8 heteroatoms. The molecule has 7 nitrogen and oxygen atoms in total. The number of non-ortho nitro benzene ring substituents is 1. The van der Waals surface area contributed by atoms with Crippen molar-refractivity contribution in [3.63, 3.8) is 0 Å². The molecule has 1 atom stereocenters. The van der Waals surface area contributed by atoms with Crippen LogP contribution in [0, 0.1) is 16.0 Å². The largest absolute Gasteiger partial charge is 0.477 e. The van der Waals surface area contributed by atoms with Crippen molar-refractivity contribution in [3.8, 4) is 10.4 Å². The van der Waals surface area contributed by atoms with Crippen LogP contribution in [0.15, 0.2) is 42.5 Å². The highest BCUT2D eigenvalue weighted by Crippen LogP contribution is 2.36. The quantitative estimate of drug-likeness (QED) is 0.461. The molecule has 1 aliphatic rings. The van der Waals surface area contributed by atoms with Crippen LogP contribution in [0.5, 0.6) is 0 Å². The highest BCUT2D eigenvalue weighted by Gasteiger charge is 2.23. The Bertz CT molecular complexity index is 903. The van der Waals surface area contributed by atoms with Crippen molar-refractivity contribution < 1.29 is 19.6 Å². The average molecular weight is 372 g/mol. The molecule has 2 N–H and O–H groups in total. The third-order valence-electron chi connectivity index (χ3n) is 4.17. The molecule has 1 aromatic heterocycles. The lowest BCUT2D eigenvalue weighted by Crippen LogP contribution is -2.24. The summed E-state index contributed by atoms with van der Waals surface area (Å²) < 4.78 is 0. The Morgan fingerprint density at radius 3 is 2.73 bits per heavy atom. The molecule has 0 bridgehead atoms. The topological polar surface area (TPSA) is 110 Å². The summed E-state index contributed by atoms with van der Waals surface area (Å²) in [5.41, 5.74) is 0.684. The number of carbonyl (C=O) groups excluding carboxylic acids is 1. The number of benzene rings is 1. The molecule has 0 unspecified atom stereocenters. The molecule has 0 fully saturated rings. The Morgan fingerprint density at radius 1 is 1.27 bits per heavy atom. The monoisotopic (exact) mass is 372 g/mol. The Kier molecular flexibility index (Phi) is 5.13. The van der Waals surface area contributed by atoms with Crippen molar-refractivity contribution in [2.45, 2.75) is 19.3 Å². The molecular weight excluding hydrogens is 356 g/mol. The second-order valence-corrected chi connectivity index (χ2v) is 6.99. The summed E-state index contributed by atoms with van der Waals surface area (Å²) in [5, 5.41) is 23.1. The SMILES string of the molecule is O=C(O)c1sc(-c2cccc([N+](=O)[O-])c2)cc1NC(=O)[C@H]1CC=CCC1. The van der Waals surface area contributed by atoms with Gasteiger partial charge in [-0.05, 0) is 30.9 Å². The fourth-order valence-electron chi connectivity index (χ4n) is 2.82. The molecule has 1 aliphatic carbocycles. The van der Waals surface area contributed by atoms with Gasteiger partial charge < -0.3 is 10.4 Å². The zero-order valence-electron chi connectivity index (χ0n) is 13.7. The molecule has 3 rings (SSSR count). The number of rotatable bonds is 5. The fourth-order valence-corrected chi connectivity index (χ4v) is 3.77. The molecule has 0 spiro atoms. The number of aromatic carboxylic acids is 1. The van der Waals surface area contributed by atoms with Gasteiger partial charge >= 0.3 is 5.97 Å². The van der Waals surface area contributed by atoms with E-state index in [1.807, 2.05) is 12.2 Å². The van der Waals surface area contributed by atoms with Gasteiger partial charge in [-0.15, -0.1) is 11.3 Å². The van der Waals surface area contributed by atoms with Gasteiger partial charge in [0.25, 0.3) is 5.69 Å². The number of allylic oxidation sites excluding steroid dienone is 2. The highest BCUT2D eigenvalue weighted by molar-refractivity contribution is 7.18. The first-order valence-electron chi connectivity index (χ1n) is 8.03. The number of nitrogens with zero attached hydrogens (tertiary/aromatic N) is 1. The number of nitro benzene ring substituents is 1. The van der Waals surface area contributed by atoms with Gasteiger partial charge in [-0.3, -0.25) is 14.9 Å². The number of carboxylic acids is 1. The Morgan fingerprint density at radius 2 is 2.08 bits per heavy atom. The second-order valence-electron chi connectivity index (χ2n) is 5.94. The molecule has 134 valence electrons. The Balaban J connectivity index is 1.90. The highest BCUT2D eigenvalue weighted by atomic mass is 32.1. The van der Waals surface area contributed by atoms with Gasteiger partial charge in [0.1, 0.15) is 4.88 Å². The molecule has 1 amide bonds. The minimum absolute atomic E-state index is 0.00575. The van der Waals surface area contributed by atoms with E-state index in [1.165, 1.54) is 12.1 Å². The van der Waals surface area contributed by atoms with Gasteiger partial charge in [0.05, 0.1) is 10.6 Å². The Labute approximate surface area is 153 Å². The smallest absolute Gasteiger partial charge is 0.348 e. The lowest BCUT2D eigenvalue weighted by Gasteiger charge is -2.16. The molecular formula is C18H16N2O5S. The van der Waals surface area contributed by atoms with E-state index in [1.54, 1.807) is 18.2 Å². The fraction of sp³-hybridized carbons (Fsp3) is 0.222. The minimum atomic E-state index is -1.15. The van der Waals surface area contributed by atoms with E-state index in [0.29, 0.717) is 16.9 Å². The summed E-state index contributed by atoms with van der Waals surface area (Å²) in [4.78, 5) is 34.9. The molecule has 2 aromatic rings. The van der Waals surface area contributed by atoms with Gasteiger partial charge in [-0.2, -0.15) is 0 Å². The van der Waals surface area contributed by atoms with Crippen molar-refractivity contribution in [2.24, 2.45) is 5.92 Å². The van der Waals surface area contributed by atoms with Gasteiger partial charge in [0, 0.05) is 22.9 Å². The predicted molar refractivity (Wildman–Crippen MR) is 98.5 cm³/mol. The van der Waals surface area contributed by atoms with E-state index in [9.17, 15) is 24.8 Å². The molecule has 0 saturated heterocycles. The number of thiophene rings is 1. The van der Waals surface area contributed by atoms with E-state index >= 15 is 0 Å². The first-order chi connectivity index (χ1) is 12.5. The van der Waals surface area contributed by atoms with E-state index in [4.69, 9.17) is 0 Å². The standard InChI is InChI=1S/C18H16N2O5S/c21-17(11-5-2-1-3-6-11)19-14-10-15(26-16(14)18(22)23)12-7-4-8-13(9-12)20(24)25/h1-2,4,7-11H,3,5-6H2,(H,19,21)(H,22,23)/t11-/m0/s1. The summed E-state index contributed by atoms with van der Waals surface area (Å²) in [5.74, 6) is -1.53. The third kappa shape index (κ3) is 3.80. The van der Waals surface area contributed by atoms with Crippen molar-refractivity contribution >= 4 is 34.6 Å². The summed E-state index contributed by atoms with van der Waals surface area (Å²) >= 11 is 0.979. The number of nitrogens with one attached hydrogen (secondary N) is 1. The number of hydrogen-bond acceptors (Lipinski definition) is 5. The van der Waals surface area contributed by atoms with Crippen LogP contribution in [0.1, 0.15) is 28.9 Å². The van der Waals surface area contributed by atoms with Crippen molar-refractivity contribution in [1.82, 2.24) is 0 Å². The van der Waals surface area contributed by atoms with Crippen molar-refractivity contribution in [2.75, 3.05) is 5.32 Å². The summed E-state index contributed by atoms with van der Waals surface area (Å²) in [7, 11) is 0. The van der Waals surface area contributed by atoms with Gasteiger partial charge in [-0.25, -0.2) is 4.79 Å². The maximum atomic E-state index is 12.4. The summed E-state index contributed by atoms with van der Waals surface area (Å²) in [6, 6.07) is 7.52. The number of amides is 1. The van der Waals surface area contributed by atoms with Crippen LogP contribution >= 0.6 is 11.3 Å². The molecule has 0 aliphatic heterocycles. The lowest BCUT2D eigenvalue weighted by molar-refractivity contribution is -0.384. The average Bonchev–Trinajstić information content (AvgIpc) is 3.06. The lowest BCUT2D eigenvalue weighted by atomic mass is 9.93. The minimum Gasteiger partial charge on any atom is -0.477 e. The first-order valence-corrected chi connectivity index (χ1v) is 8.85. The van der Waals surface area contributed by atoms with Crippen LogP contribution in [0.2, 0.25) is 0 Å². The number of nitro groups is 1. The van der Waals surface area contributed by atoms with Gasteiger partial charge in [0.15, 0.2) is 0 Å². The third-order valence-corrected chi connectivity index (χ3v) is 5.34. The number of hydrogen-bond donors (Lipinski definition) is 2. The normalized spacial score (nSPS) is 16.2. The molecule has 0 radical (unpaired) electrons. The van der Waals surface area contributed by atoms with Gasteiger partial charge in [0.2, 0.25) is 5.91 Å². The Hall–Kier alpha value is -3.00. The van der Waals surface area contributed by atoms with E-state index in [-0.39, 0.29) is 28.1 Å². The maximum Gasteiger partial charge on any atom is 0.348 e. The van der Waals surface area contributed by atoms with Crippen LogP contribution in [-0.4, -0.2) is 21.9 Å². The summed E-state index contributed by atoms with van der Waals surface area (Å²) in [6.07, 6.45) is 6.17. The van der Waals surface area contributed by atoms with Crippen LogP contribution in [0.4, 0.5) is 11.4 Å². The maximum absolute atomic E-state index is 12.4. The second kappa shape index (κ2) is 7.49. The molecule has 0 saturated carbocycles. The van der Waals surface area contributed by atoms with Crippen LogP contribution in [0.25, 0.3) is 10.4 Å². The van der Waals surface area contributed by atoms with E-state index < -0.39 is 10.9 Å².